The van der Waals surface area contributed by atoms with Gasteiger partial charge in [0.25, 0.3) is 0 Å². The molecular formula is C19H22. The van der Waals surface area contributed by atoms with Crippen molar-refractivity contribution >= 4 is 6.08 Å². The van der Waals surface area contributed by atoms with Gasteiger partial charge in [-0.15, -0.1) is 0 Å². The van der Waals surface area contributed by atoms with Crippen LogP contribution in [0.4, 0.5) is 0 Å². The SMILES string of the molecule is C=C(C)C#CC(/C=C/c1ccccc1)=C(\C)CCC. The van der Waals surface area contributed by atoms with Crippen molar-refractivity contribution in [3.05, 3.63) is 65.3 Å². The van der Waals surface area contributed by atoms with Crippen molar-refractivity contribution in [3.8, 4) is 11.8 Å². The Balaban J connectivity index is 3.00. The Morgan fingerprint density at radius 2 is 1.84 bits per heavy atom. The van der Waals surface area contributed by atoms with Crippen molar-refractivity contribution in [2.24, 2.45) is 0 Å². The molecule has 0 aliphatic rings. The van der Waals surface area contributed by atoms with E-state index in [1.807, 2.05) is 25.1 Å². The summed E-state index contributed by atoms with van der Waals surface area (Å²) >= 11 is 0. The maximum atomic E-state index is 3.83. The molecule has 1 aromatic rings. The van der Waals surface area contributed by atoms with Crippen LogP contribution in [0.15, 0.2) is 59.7 Å². The third-order valence-electron chi connectivity index (χ3n) is 2.74. The summed E-state index contributed by atoms with van der Waals surface area (Å²) in [4.78, 5) is 0. The molecule has 0 aliphatic carbocycles. The standard InChI is InChI=1S/C19H22/c1-5-9-17(4)19(14-12-16(2)3)15-13-18-10-7-6-8-11-18/h6-8,10-11,13,15H,2,5,9H2,1,3-4H3/b15-13+,19-17-. The van der Waals surface area contributed by atoms with Crippen LogP contribution in [0.5, 0.6) is 0 Å². The zero-order chi connectivity index (χ0) is 14.1. The van der Waals surface area contributed by atoms with Gasteiger partial charge in [0.1, 0.15) is 0 Å². The zero-order valence-corrected chi connectivity index (χ0v) is 12.2. The minimum absolute atomic E-state index is 0.898. The number of benzene rings is 1. The third-order valence-corrected chi connectivity index (χ3v) is 2.74. The molecule has 0 atom stereocenters. The van der Waals surface area contributed by atoms with E-state index in [2.05, 4.69) is 56.6 Å². The van der Waals surface area contributed by atoms with Gasteiger partial charge in [0.15, 0.2) is 0 Å². The van der Waals surface area contributed by atoms with E-state index in [1.54, 1.807) is 0 Å². The van der Waals surface area contributed by atoms with Crippen LogP contribution in [-0.2, 0) is 0 Å². The number of hydrogen-bond donors (Lipinski definition) is 0. The largest absolute Gasteiger partial charge is 0.0877 e. The Morgan fingerprint density at radius 1 is 1.16 bits per heavy atom. The fourth-order valence-electron chi connectivity index (χ4n) is 1.72. The fourth-order valence-corrected chi connectivity index (χ4v) is 1.72. The Labute approximate surface area is 117 Å². The highest BCUT2D eigenvalue weighted by Gasteiger charge is 1.95. The second kappa shape index (κ2) is 8.16. The van der Waals surface area contributed by atoms with Gasteiger partial charge in [-0.1, -0.05) is 73.7 Å². The molecule has 0 spiro atoms. The average Bonchev–Trinajstić information content (AvgIpc) is 2.40. The maximum absolute atomic E-state index is 3.83. The van der Waals surface area contributed by atoms with Gasteiger partial charge in [-0.2, -0.15) is 0 Å². The molecule has 0 aromatic heterocycles. The van der Waals surface area contributed by atoms with E-state index < -0.39 is 0 Å². The monoisotopic (exact) mass is 250 g/mol. The first-order valence-corrected chi connectivity index (χ1v) is 6.74. The van der Waals surface area contributed by atoms with E-state index in [4.69, 9.17) is 0 Å². The van der Waals surface area contributed by atoms with Crippen molar-refractivity contribution in [2.45, 2.75) is 33.6 Å². The summed E-state index contributed by atoms with van der Waals surface area (Å²) in [5.74, 6) is 6.28. The number of rotatable bonds is 4. The lowest BCUT2D eigenvalue weighted by molar-refractivity contribution is 0.901. The van der Waals surface area contributed by atoms with E-state index in [0.29, 0.717) is 0 Å². The van der Waals surface area contributed by atoms with E-state index >= 15 is 0 Å². The Kier molecular flexibility index (Phi) is 6.47. The van der Waals surface area contributed by atoms with Gasteiger partial charge in [-0.3, -0.25) is 0 Å². The van der Waals surface area contributed by atoms with Gasteiger partial charge in [-0.25, -0.2) is 0 Å². The summed E-state index contributed by atoms with van der Waals surface area (Å²) in [6.07, 6.45) is 6.44. The molecule has 0 N–H and O–H groups in total. The van der Waals surface area contributed by atoms with Crippen LogP contribution in [0.2, 0.25) is 0 Å². The first-order valence-electron chi connectivity index (χ1n) is 6.74. The molecule has 0 aliphatic heterocycles. The lowest BCUT2D eigenvalue weighted by atomic mass is 10.0. The molecule has 0 unspecified atom stereocenters. The van der Waals surface area contributed by atoms with Crippen LogP contribution in [0.3, 0.4) is 0 Å². The lowest BCUT2D eigenvalue weighted by Crippen LogP contribution is -1.84. The van der Waals surface area contributed by atoms with Crippen molar-refractivity contribution < 1.29 is 0 Å². The molecule has 0 amide bonds. The fraction of sp³-hybridized carbons (Fsp3) is 0.263. The zero-order valence-electron chi connectivity index (χ0n) is 12.2. The van der Waals surface area contributed by atoms with E-state index in [9.17, 15) is 0 Å². The Hall–Kier alpha value is -2.00. The minimum Gasteiger partial charge on any atom is -0.0877 e. The van der Waals surface area contributed by atoms with Crippen molar-refractivity contribution in [3.63, 3.8) is 0 Å². The Morgan fingerprint density at radius 3 is 2.42 bits per heavy atom. The molecule has 0 nitrogen and oxygen atoms in total. The van der Waals surface area contributed by atoms with Gasteiger partial charge in [0.05, 0.1) is 0 Å². The molecule has 1 aromatic carbocycles. The van der Waals surface area contributed by atoms with Crippen LogP contribution in [-0.4, -0.2) is 0 Å². The first-order chi connectivity index (χ1) is 9.13. The lowest BCUT2D eigenvalue weighted by Gasteiger charge is -2.01. The van der Waals surface area contributed by atoms with Crippen LogP contribution in [0.25, 0.3) is 6.08 Å². The van der Waals surface area contributed by atoms with E-state index in [0.717, 1.165) is 24.0 Å². The summed E-state index contributed by atoms with van der Waals surface area (Å²) in [6, 6.07) is 10.3. The molecule has 0 bridgehead atoms. The smallest absolute Gasteiger partial charge is 0.0238 e. The van der Waals surface area contributed by atoms with E-state index in [1.165, 1.54) is 11.1 Å². The highest BCUT2D eigenvalue weighted by molar-refractivity contribution is 5.57. The maximum Gasteiger partial charge on any atom is 0.0238 e. The first kappa shape index (κ1) is 15.1. The van der Waals surface area contributed by atoms with Crippen molar-refractivity contribution in [1.29, 1.82) is 0 Å². The number of hydrogen-bond acceptors (Lipinski definition) is 0. The van der Waals surface area contributed by atoms with Crippen molar-refractivity contribution in [2.75, 3.05) is 0 Å². The van der Waals surface area contributed by atoms with Crippen LogP contribution >= 0.6 is 0 Å². The molecule has 1 rings (SSSR count). The van der Waals surface area contributed by atoms with Gasteiger partial charge >= 0.3 is 0 Å². The van der Waals surface area contributed by atoms with Gasteiger partial charge in [-0.05, 0) is 37.5 Å². The molecule has 0 heteroatoms. The third kappa shape index (κ3) is 5.93. The highest BCUT2D eigenvalue weighted by atomic mass is 14.0. The highest BCUT2D eigenvalue weighted by Crippen LogP contribution is 2.13. The molecule has 98 valence electrons. The van der Waals surface area contributed by atoms with Gasteiger partial charge in [0, 0.05) is 5.57 Å². The summed E-state index contributed by atoms with van der Waals surface area (Å²) in [5, 5.41) is 0. The summed E-state index contributed by atoms with van der Waals surface area (Å²) in [5.41, 5.74) is 4.54. The molecule has 0 heterocycles. The summed E-state index contributed by atoms with van der Waals surface area (Å²) in [7, 11) is 0. The molecule has 0 fully saturated rings. The van der Waals surface area contributed by atoms with Gasteiger partial charge < -0.3 is 0 Å². The van der Waals surface area contributed by atoms with E-state index in [-0.39, 0.29) is 0 Å². The topological polar surface area (TPSA) is 0 Å². The molecule has 0 saturated carbocycles. The Bertz CT molecular complexity index is 530. The quantitative estimate of drug-likeness (QED) is 0.496. The average molecular weight is 250 g/mol. The van der Waals surface area contributed by atoms with Crippen LogP contribution in [0, 0.1) is 11.8 Å². The number of allylic oxidation sites excluding steroid dienone is 4. The normalized spacial score (nSPS) is 11.7. The van der Waals surface area contributed by atoms with Crippen LogP contribution in [0.1, 0.15) is 39.2 Å². The van der Waals surface area contributed by atoms with Gasteiger partial charge in [0.2, 0.25) is 0 Å². The predicted octanol–water partition coefficient (Wildman–Crippen LogP) is 5.40. The van der Waals surface area contributed by atoms with Crippen LogP contribution < -0.4 is 0 Å². The minimum atomic E-state index is 0.898. The molecule has 19 heavy (non-hydrogen) atoms. The second-order valence-electron chi connectivity index (χ2n) is 4.72. The summed E-state index contributed by atoms with van der Waals surface area (Å²) < 4.78 is 0. The molecule has 0 saturated heterocycles. The summed E-state index contributed by atoms with van der Waals surface area (Å²) in [6.45, 7) is 10.1. The molecular weight excluding hydrogens is 228 g/mol. The van der Waals surface area contributed by atoms with Crippen molar-refractivity contribution in [1.82, 2.24) is 0 Å². The predicted molar refractivity (Wildman–Crippen MR) is 85.7 cm³/mol. The molecule has 0 radical (unpaired) electrons. The second-order valence-corrected chi connectivity index (χ2v) is 4.72.